The number of carbonyl (C=O) groups excluding carboxylic acids is 1. The maximum absolute atomic E-state index is 11.8. The third-order valence-electron chi connectivity index (χ3n) is 4.76. The van der Waals surface area contributed by atoms with Crippen LogP contribution in [-0.4, -0.2) is 34.1 Å². The monoisotopic (exact) mass is 414 g/mol. The molecule has 2 aromatic carbocycles. The number of hydrogen-bond donors (Lipinski definition) is 3. The Kier molecular flexibility index (Phi) is 6.05. The summed E-state index contributed by atoms with van der Waals surface area (Å²) in [7, 11) is 0. The van der Waals surface area contributed by atoms with E-state index in [1.54, 1.807) is 0 Å². The standard InChI is InChI=1S/C24H22N4O3/c1-2-19(30)28-18-11-6-10-17(14-18)20-21-23(25-12-7-13-29)26-15-27-24(21)31-22(20)16-8-4-3-5-9-16/h2-6,8-11,14-15,29H,1,7,12-13H2,(H,28,30)(H,25,26,27). The molecule has 4 rings (SSSR count). The predicted octanol–water partition coefficient (Wildman–Crippen LogP) is 4.48. The van der Waals surface area contributed by atoms with E-state index in [2.05, 4.69) is 27.2 Å². The Hall–Kier alpha value is -3.97. The summed E-state index contributed by atoms with van der Waals surface area (Å²) in [6.45, 7) is 4.14. The summed E-state index contributed by atoms with van der Waals surface area (Å²) < 4.78 is 6.18. The van der Waals surface area contributed by atoms with Crippen molar-refractivity contribution in [3.05, 3.63) is 73.6 Å². The minimum absolute atomic E-state index is 0.0831. The first-order valence-corrected chi connectivity index (χ1v) is 9.92. The van der Waals surface area contributed by atoms with Gasteiger partial charge in [-0.2, -0.15) is 0 Å². The van der Waals surface area contributed by atoms with Crippen LogP contribution in [0.25, 0.3) is 33.6 Å². The highest BCUT2D eigenvalue weighted by molar-refractivity contribution is 6.06. The highest BCUT2D eigenvalue weighted by atomic mass is 16.3. The normalized spacial score (nSPS) is 10.7. The lowest BCUT2D eigenvalue weighted by molar-refractivity contribution is -0.111. The second-order valence-corrected chi connectivity index (χ2v) is 6.85. The molecule has 7 heteroatoms. The van der Waals surface area contributed by atoms with Crippen LogP contribution in [0.3, 0.4) is 0 Å². The summed E-state index contributed by atoms with van der Waals surface area (Å²) in [5.41, 5.74) is 3.66. The van der Waals surface area contributed by atoms with E-state index in [9.17, 15) is 4.79 Å². The van der Waals surface area contributed by atoms with E-state index in [1.807, 2.05) is 54.6 Å². The van der Waals surface area contributed by atoms with Crippen molar-refractivity contribution < 1.29 is 14.3 Å². The Morgan fingerprint density at radius 1 is 1.10 bits per heavy atom. The van der Waals surface area contributed by atoms with Gasteiger partial charge in [-0.1, -0.05) is 49.0 Å². The van der Waals surface area contributed by atoms with E-state index >= 15 is 0 Å². The Labute approximate surface area is 179 Å². The van der Waals surface area contributed by atoms with Crippen molar-refractivity contribution in [1.82, 2.24) is 9.97 Å². The smallest absolute Gasteiger partial charge is 0.247 e. The molecule has 0 aliphatic rings. The maximum atomic E-state index is 11.8. The minimum atomic E-state index is -0.285. The quantitative estimate of drug-likeness (QED) is 0.290. The van der Waals surface area contributed by atoms with Crippen molar-refractivity contribution in [3.8, 4) is 22.5 Å². The molecular weight excluding hydrogens is 392 g/mol. The van der Waals surface area contributed by atoms with E-state index in [-0.39, 0.29) is 12.5 Å². The number of rotatable bonds is 8. The number of carbonyl (C=O) groups is 1. The number of hydrogen-bond acceptors (Lipinski definition) is 6. The van der Waals surface area contributed by atoms with Crippen LogP contribution in [-0.2, 0) is 4.79 Å². The first-order valence-electron chi connectivity index (χ1n) is 9.92. The van der Waals surface area contributed by atoms with E-state index in [4.69, 9.17) is 9.52 Å². The fourth-order valence-electron chi connectivity index (χ4n) is 3.37. The molecule has 3 N–H and O–H groups in total. The highest BCUT2D eigenvalue weighted by Crippen LogP contribution is 2.43. The molecule has 2 aromatic heterocycles. The molecule has 0 radical (unpaired) electrons. The minimum Gasteiger partial charge on any atom is -0.437 e. The number of nitrogens with zero attached hydrogens (tertiary/aromatic N) is 2. The summed E-state index contributed by atoms with van der Waals surface area (Å²) in [5.74, 6) is 1.00. The SMILES string of the molecule is C=CC(=O)Nc1cccc(-c2c(-c3ccccc3)oc3ncnc(NCCCO)c23)c1. The first-order chi connectivity index (χ1) is 15.2. The average molecular weight is 414 g/mol. The zero-order chi connectivity index (χ0) is 21.6. The Bertz CT molecular complexity index is 1220. The van der Waals surface area contributed by atoms with Crippen LogP contribution in [0.15, 0.2) is 78.0 Å². The fourth-order valence-corrected chi connectivity index (χ4v) is 3.37. The lowest BCUT2D eigenvalue weighted by Crippen LogP contribution is -2.07. The number of aliphatic hydroxyl groups excluding tert-OH is 1. The van der Waals surface area contributed by atoms with E-state index in [0.29, 0.717) is 35.9 Å². The molecule has 0 saturated heterocycles. The van der Waals surface area contributed by atoms with Crippen LogP contribution in [0.5, 0.6) is 0 Å². The van der Waals surface area contributed by atoms with Gasteiger partial charge in [0.25, 0.3) is 0 Å². The van der Waals surface area contributed by atoms with Crippen LogP contribution in [0, 0.1) is 0 Å². The van der Waals surface area contributed by atoms with Crippen molar-refractivity contribution in [2.45, 2.75) is 6.42 Å². The van der Waals surface area contributed by atoms with Gasteiger partial charge in [0.15, 0.2) is 0 Å². The van der Waals surface area contributed by atoms with Crippen LogP contribution >= 0.6 is 0 Å². The third-order valence-corrected chi connectivity index (χ3v) is 4.76. The number of nitrogens with one attached hydrogen (secondary N) is 2. The van der Waals surface area contributed by atoms with Gasteiger partial charge in [-0.3, -0.25) is 4.79 Å². The largest absolute Gasteiger partial charge is 0.437 e. The number of benzene rings is 2. The van der Waals surface area contributed by atoms with E-state index < -0.39 is 0 Å². The van der Waals surface area contributed by atoms with Crippen LogP contribution in [0.1, 0.15) is 6.42 Å². The van der Waals surface area contributed by atoms with Crippen LogP contribution < -0.4 is 10.6 Å². The molecule has 4 aromatic rings. The predicted molar refractivity (Wildman–Crippen MR) is 122 cm³/mol. The van der Waals surface area contributed by atoms with Gasteiger partial charge in [0.2, 0.25) is 11.6 Å². The van der Waals surface area contributed by atoms with E-state index in [0.717, 1.165) is 22.1 Å². The van der Waals surface area contributed by atoms with Gasteiger partial charge in [0.05, 0.1) is 5.39 Å². The Balaban J connectivity index is 1.92. The lowest BCUT2D eigenvalue weighted by Gasteiger charge is -2.09. The van der Waals surface area contributed by atoms with Gasteiger partial charge in [-0.05, 0) is 30.2 Å². The van der Waals surface area contributed by atoms with Crippen molar-refractivity contribution in [1.29, 1.82) is 0 Å². The number of amides is 1. The fraction of sp³-hybridized carbons (Fsp3) is 0.125. The molecular formula is C24H22N4O3. The van der Waals surface area contributed by atoms with Gasteiger partial charge in [-0.25, -0.2) is 9.97 Å². The number of aliphatic hydroxyl groups is 1. The molecule has 0 unspecified atom stereocenters. The highest BCUT2D eigenvalue weighted by Gasteiger charge is 2.22. The lowest BCUT2D eigenvalue weighted by atomic mass is 9.98. The van der Waals surface area contributed by atoms with Gasteiger partial charge in [0, 0.05) is 30.0 Å². The van der Waals surface area contributed by atoms with Gasteiger partial charge < -0.3 is 20.2 Å². The van der Waals surface area contributed by atoms with Gasteiger partial charge in [0.1, 0.15) is 17.9 Å². The molecule has 1 amide bonds. The number of furan rings is 1. The zero-order valence-electron chi connectivity index (χ0n) is 16.8. The number of anilines is 2. The summed E-state index contributed by atoms with van der Waals surface area (Å²) in [6, 6.07) is 17.3. The number of aromatic nitrogens is 2. The topological polar surface area (TPSA) is 100 Å². The maximum Gasteiger partial charge on any atom is 0.247 e. The third kappa shape index (κ3) is 4.31. The van der Waals surface area contributed by atoms with Crippen molar-refractivity contribution >= 4 is 28.5 Å². The molecule has 156 valence electrons. The second kappa shape index (κ2) is 9.23. The molecule has 0 fully saturated rings. The summed E-state index contributed by atoms with van der Waals surface area (Å²) >= 11 is 0. The zero-order valence-corrected chi connectivity index (χ0v) is 16.8. The summed E-state index contributed by atoms with van der Waals surface area (Å²) in [5, 5.41) is 15.9. The Morgan fingerprint density at radius 3 is 2.68 bits per heavy atom. The Morgan fingerprint density at radius 2 is 1.90 bits per heavy atom. The molecule has 0 spiro atoms. The van der Waals surface area contributed by atoms with Crippen LogP contribution in [0.2, 0.25) is 0 Å². The van der Waals surface area contributed by atoms with Gasteiger partial charge in [-0.15, -0.1) is 0 Å². The summed E-state index contributed by atoms with van der Waals surface area (Å²) in [4.78, 5) is 20.5. The molecule has 7 nitrogen and oxygen atoms in total. The molecule has 0 atom stereocenters. The molecule has 2 heterocycles. The molecule has 0 bridgehead atoms. The van der Waals surface area contributed by atoms with Crippen molar-refractivity contribution in [2.24, 2.45) is 0 Å². The van der Waals surface area contributed by atoms with Gasteiger partial charge >= 0.3 is 0 Å². The van der Waals surface area contributed by atoms with Crippen LogP contribution in [0.4, 0.5) is 11.5 Å². The summed E-state index contributed by atoms with van der Waals surface area (Å²) in [6.07, 6.45) is 3.27. The first kappa shape index (κ1) is 20.3. The number of fused-ring (bicyclic) bond motifs is 1. The molecule has 31 heavy (non-hydrogen) atoms. The second-order valence-electron chi connectivity index (χ2n) is 6.85. The van der Waals surface area contributed by atoms with Crippen molar-refractivity contribution in [2.75, 3.05) is 23.8 Å². The molecule has 0 saturated carbocycles. The molecule has 0 aliphatic heterocycles. The van der Waals surface area contributed by atoms with E-state index in [1.165, 1.54) is 12.4 Å². The van der Waals surface area contributed by atoms with Crippen molar-refractivity contribution in [3.63, 3.8) is 0 Å². The molecule has 0 aliphatic carbocycles. The average Bonchev–Trinajstić information content (AvgIpc) is 3.20.